The van der Waals surface area contributed by atoms with E-state index in [1.807, 2.05) is 24.3 Å². The summed E-state index contributed by atoms with van der Waals surface area (Å²) in [5, 5.41) is 0. The third kappa shape index (κ3) is 2.90. The van der Waals surface area contributed by atoms with Crippen molar-refractivity contribution in [3.63, 3.8) is 0 Å². The van der Waals surface area contributed by atoms with Gasteiger partial charge in [-0.15, -0.1) is 0 Å². The summed E-state index contributed by atoms with van der Waals surface area (Å²) in [6, 6.07) is 11.0. The number of halogens is 1. The van der Waals surface area contributed by atoms with Crippen molar-refractivity contribution >= 4 is 33.7 Å². The highest BCUT2D eigenvalue weighted by molar-refractivity contribution is 9.10. The molecule has 0 aliphatic rings. The highest BCUT2D eigenvalue weighted by Gasteiger charge is 2.16. The number of hydrogen-bond acceptors (Lipinski definition) is 2. The fraction of sp³-hybridized carbons (Fsp3) is 0.0667. The van der Waals surface area contributed by atoms with Crippen molar-refractivity contribution in [2.24, 2.45) is 0 Å². The first-order valence-corrected chi connectivity index (χ1v) is 6.54. The zero-order valence-corrected chi connectivity index (χ0v) is 12.1. The first kappa shape index (κ1) is 13.5. The SMILES string of the molecule is C=Cc1ccc(C(=O)N(C)c2ncccc2Br)cc1. The molecule has 0 unspecified atom stereocenters. The number of pyridine rings is 1. The van der Waals surface area contributed by atoms with Gasteiger partial charge in [0.25, 0.3) is 5.91 Å². The molecule has 96 valence electrons. The number of amides is 1. The second-order valence-corrected chi connectivity index (χ2v) is 4.85. The molecule has 0 aliphatic heterocycles. The molecule has 3 nitrogen and oxygen atoms in total. The maximum Gasteiger partial charge on any atom is 0.259 e. The maximum absolute atomic E-state index is 12.3. The Hall–Kier alpha value is -1.94. The van der Waals surface area contributed by atoms with E-state index in [9.17, 15) is 4.79 Å². The van der Waals surface area contributed by atoms with Gasteiger partial charge in [0, 0.05) is 18.8 Å². The molecule has 0 fully saturated rings. The topological polar surface area (TPSA) is 33.2 Å². The van der Waals surface area contributed by atoms with Gasteiger partial charge in [0.05, 0.1) is 4.47 Å². The van der Waals surface area contributed by atoms with Gasteiger partial charge in [-0.25, -0.2) is 4.98 Å². The lowest BCUT2D eigenvalue weighted by Crippen LogP contribution is -2.27. The van der Waals surface area contributed by atoms with E-state index < -0.39 is 0 Å². The quantitative estimate of drug-likeness (QED) is 0.863. The van der Waals surface area contributed by atoms with Crippen LogP contribution in [0.5, 0.6) is 0 Å². The lowest BCUT2D eigenvalue weighted by molar-refractivity contribution is 0.0992. The summed E-state index contributed by atoms with van der Waals surface area (Å²) in [6.45, 7) is 3.69. The van der Waals surface area contributed by atoms with Crippen molar-refractivity contribution in [1.29, 1.82) is 0 Å². The minimum atomic E-state index is -0.102. The van der Waals surface area contributed by atoms with Crippen LogP contribution in [0.1, 0.15) is 15.9 Å². The average Bonchev–Trinajstić information content (AvgIpc) is 2.46. The summed E-state index contributed by atoms with van der Waals surface area (Å²) in [7, 11) is 1.71. The van der Waals surface area contributed by atoms with E-state index in [-0.39, 0.29) is 5.91 Å². The van der Waals surface area contributed by atoms with E-state index >= 15 is 0 Å². The van der Waals surface area contributed by atoms with Crippen LogP contribution in [0.25, 0.3) is 6.08 Å². The summed E-state index contributed by atoms with van der Waals surface area (Å²) in [5.41, 5.74) is 1.60. The molecule has 0 aliphatic carbocycles. The Morgan fingerprint density at radius 2 is 2.00 bits per heavy atom. The van der Waals surface area contributed by atoms with Gasteiger partial charge in [0.15, 0.2) is 0 Å². The Morgan fingerprint density at radius 1 is 1.32 bits per heavy atom. The zero-order valence-electron chi connectivity index (χ0n) is 10.5. The Kier molecular flexibility index (Phi) is 4.12. The van der Waals surface area contributed by atoms with Gasteiger partial charge in [-0.05, 0) is 45.8 Å². The van der Waals surface area contributed by atoms with E-state index in [0.717, 1.165) is 10.0 Å². The van der Waals surface area contributed by atoms with Crippen molar-refractivity contribution in [3.8, 4) is 0 Å². The Bertz CT molecular complexity index is 608. The van der Waals surface area contributed by atoms with Crippen LogP contribution in [0.3, 0.4) is 0 Å². The number of hydrogen-bond donors (Lipinski definition) is 0. The highest BCUT2D eigenvalue weighted by atomic mass is 79.9. The van der Waals surface area contributed by atoms with E-state index in [0.29, 0.717) is 11.4 Å². The lowest BCUT2D eigenvalue weighted by Gasteiger charge is -2.17. The molecule has 2 aromatic rings. The van der Waals surface area contributed by atoms with Gasteiger partial charge >= 0.3 is 0 Å². The second-order valence-electron chi connectivity index (χ2n) is 4.00. The molecule has 0 atom stereocenters. The number of carbonyl (C=O) groups excluding carboxylic acids is 1. The fourth-order valence-corrected chi connectivity index (χ4v) is 2.20. The molecular formula is C15H13BrN2O. The molecule has 0 spiro atoms. The number of anilines is 1. The normalized spacial score (nSPS) is 10.0. The Labute approximate surface area is 120 Å². The maximum atomic E-state index is 12.3. The summed E-state index contributed by atoms with van der Waals surface area (Å²) in [5.74, 6) is 0.496. The highest BCUT2D eigenvalue weighted by Crippen LogP contribution is 2.23. The van der Waals surface area contributed by atoms with Crippen molar-refractivity contribution in [2.45, 2.75) is 0 Å². The van der Waals surface area contributed by atoms with Crippen LogP contribution in [0.2, 0.25) is 0 Å². The molecule has 19 heavy (non-hydrogen) atoms. The molecule has 0 radical (unpaired) electrons. The van der Waals surface area contributed by atoms with Gasteiger partial charge in [-0.1, -0.05) is 24.8 Å². The van der Waals surface area contributed by atoms with Crippen molar-refractivity contribution in [3.05, 3.63) is 64.8 Å². The second kappa shape index (κ2) is 5.80. The fourth-order valence-electron chi connectivity index (χ4n) is 1.68. The minimum absolute atomic E-state index is 0.102. The largest absolute Gasteiger partial charge is 0.295 e. The molecule has 0 bridgehead atoms. The molecule has 2 rings (SSSR count). The van der Waals surface area contributed by atoms with Crippen molar-refractivity contribution in [2.75, 3.05) is 11.9 Å². The van der Waals surface area contributed by atoms with Crippen LogP contribution >= 0.6 is 15.9 Å². The van der Waals surface area contributed by atoms with Crippen LogP contribution in [-0.2, 0) is 0 Å². The summed E-state index contributed by atoms with van der Waals surface area (Å²) in [4.78, 5) is 18.1. The smallest absolute Gasteiger partial charge is 0.259 e. The molecule has 0 saturated heterocycles. The van der Waals surface area contributed by atoms with Crippen LogP contribution in [0, 0.1) is 0 Å². The first-order valence-electron chi connectivity index (χ1n) is 5.74. The first-order chi connectivity index (χ1) is 9.13. The Balaban J connectivity index is 2.28. The molecule has 4 heteroatoms. The number of rotatable bonds is 3. The molecule has 1 aromatic carbocycles. The van der Waals surface area contributed by atoms with Gasteiger partial charge < -0.3 is 0 Å². The monoisotopic (exact) mass is 316 g/mol. The summed E-state index contributed by atoms with van der Waals surface area (Å²) in [6.07, 6.45) is 3.40. The molecule has 0 saturated carbocycles. The van der Waals surface area contributed by atoms with Crippen LogP contribution in [-0.4, -0.2) is 17.9 Å². The van der Waals surface area contributed by atoms with Crippen LogP contribution < -0.4 is 4.90 Å². The standard InChI is InChI=1S/C15H13BrN2O/c1-3-11-6-8-12(9-7-11)15(19)18(2)14-13(16)5-4-10-17-14/h3-10H,1H2,2H3. The molecule has 1 heterocycles. The van der Waals surface area contributed by atoms with E-state index in [1.165, 1.54) is 4.90 Å². The average molecular weight is 317 g/mol. The number of nitrogens with zero attached hydrogens (tertiary/aromatic N) is 2. The van der Waals surface area contributed by atoms with Crippen molar-refractivity contribution in [1.82, 2.24) is 4.98 Å². The zero-order chi connectivity index (χ0) is 13.8. The third-order valence-electron chi connectivity index (χ3n) is 2.75. The van der Waals surface area contributed by atoms with Gasteiger partial charge in [0.2, 0.25) is 0 Å². The van der Waals surface area contributed by atoms with Gasteiger partial charge in [-0.3, -0.25) is 9.69 Å². The lowest BCUT2D eigenvalue weighted by atomic mass is 10.1. The number of benzene rings is 1. The van der Waals surface area contributed by atoms with E-state index in [1.54, 1.807) is 31.5 Å². The van der Waals surface area contributed by atoms with Gasteiger partial charge in [0.1, 0.15) is 5.82 Å². The molecular weight excluding hydrogens is 304 g/mol. The summed E-state index contributed by atoms with van der Waals surface area (Å²) >= 11 is 3.39. The number of aromatic nitrogens is 1. The molecule has 1 amide bonds. The van der Waals surface area contributed by atoms with E-state index in [4.69, 9.17) is 0 Å². The summed E-state index contributed by atoms with van der Waals surface area (Å²) < 4.78 is 0.786. The number of carbonyl (C=O) groups is 1. The van der Waals surface area contributed by atoms with Crippen LogP contribution in [0.4, 0.5) is 5.82 Å². The molecule has 0 N–H and O–H groups in total. The van der Waals surface area contributed by atoms with E-state index in [2.05, 4.69) is 27.5 Å². The van der Waals surface area contributed by atoms with Gasteiger partial charge in [-0.2, -0.15) is 0 Å². The molecule has 1 aromatic heterocycles. The minimum Gasteiger partial charge on any atom is -0.295 e. The Morgan fingerprint density at radius 3 is 2.58 bits per heavy atom. The predicted octanol–water partition coefficient (Wildman–Crippen LogP) is 3.76. The van der Waals surface area contributed by atoms with Crippen molar-refractivity contribution < 1.29 is 4.79 Å². The van der Waals surface area contributed by atoms with Crippen LogP contribution in [0.15, 0.2) is 53.6 Å². The third-order valence-corrected chi connectivity index (χ3v) is 3.37. The predicted molar refractivity (Wildman–Crippen MR) is 81.2 cm³/mol.